The fraction of sp³-hybridized carbons (Fsp3) is 0.333. The molecule has 1 N–H and O–H groups in total. The maximum absolute atomic E-state index is 12.1. The minimum Gasteiger partial charge on any atom is -0.349 e. The molecule has 2 aromatic rings. The number of halogens is 1. The van der Waals surface area contributed by atoms with Gasteiger partial charge in [-0.1, -0.05) is 23.7 Å². The SMILES string of the molecule is CN(C)CCNC(=O)c1cc(-c2ccc(Cl)cc2)n(C)n1. The average molecular weight is 307 g/mol. The summed E-state index contributed by atoms with van der Waals surface area (Å²) in [6.45, 7) is 1.39. The lowest BCUT2D eigenvalue weighted by molar-refractivity contribution is 0.0945. The van der Waals surface area contributed by atoms with Crippen molar-refractivity contribution in [1.29, 1.82) is 0 Å². The number of rotatable bonds is 5. The standard InChI is InChI=1S/C15H19ClN4O/c1-19(2)9-8-17-15(21)13-10-14(20(3)18-13)11-4-6-12(16)7-5-11/h4-7,10H,8-9H2,1-3H3,(H,17,21). The molecule has 0 aliphatic carbocycles. The minimum absolute atomic E-state index is 0.160. The van der Waals surface area contributed by atoms with Crippen LogP contribution in [-0.4, -0.2) is 47.8 Å². The Bertz CT molecular complexity index is 619. The van der Waals surface area contributed by atoms with Crippen molar-refractivity contribution >= 4 is 17.5 Å². The maximum Gasteiger partial charge on any atom is 0.271 e. The van der Waals surface area contributed by atoms with Crippen molar-refractivity contribution in [3.63, 3.8) is 0 Å². The Morgan fingerprint density at radius 1 is 1.33 bits per heavy atom. The second kappa shape index (κ2) is 6.74. The second-order valence-electron chi connectivity index (χ2n) is 5.10. The summed E-state index contributed by atoms with van der Waals surface area (Å²) >= 11 is 5.89. The molecule has 1 heterocycles. The molecule has 0 fully saturated rings. The van der Waals surface area contributed by atoms with Crippen molar-refractivity contribution < 1.29 is 4.79 Å². The lowest BCUT2D eigenvalue weighted by atomic mass is 10.1. The Morgan fingerprint density at radius 3 is 2.62 bits per heavy atom. The van der Waals surface area contributed by atoms with Crippen LogP contribution in [-0.2, 0) is 7.05 Å². The summed E-state index contributed by atoms with van der Waals surface area (Å²) in [5.41, 5.74) is 2.27. The third-order valence-corrected chi connectivity index (χ3v) is 3.35. The molecule has 0 aliphatic rings. The van der Waals surface area contributed by atoms with Crippen LogP contribution in [0.3, 0.4) is 0 Å². The third kappa shape index (κ3) is 4.06. The zero-order valence-electron chi connectivity index (χ0n) is 12.4. The van der Waals surface area contributed by atoms with Crippen molar-refractivity contribution in [3.8, 4) is 11.3 Å². The van der Waals surface area contributed by atoms with Gasteiger partial charge in [-0.2, -0.15) is 5.10 Å². The van der Waals surface area contributed by atoms with E-state index in [-0.39, 0.29) is 5.91 Å². The molecule has 0 unspecified atom stereocenters. The molecule has 0 saturated carbocycles. The normalized spacial score (nSPS) is 10.9. The fourth-order valence-electron chi connectivity index (χ4n) is 1.95. The summed E-state index contributed by atoms with van der Waals surface area (Å²) in [7, 11) is 5.75. The average Bonchev–Trinajstić information content (AvgIpc) is 2.81. The first-order valence-corrected chi connectivity index (χ1v) is 7.08. The van der Waals surface area contributed by atoms with Crippen LogP contribution in [0.25, 0.3) is 11.3 Å². The number of carbonyl (C=O) groups is 1. The summed E-state index contributed by atoms with van der Waals surface area (Å²) in [5, 5.41) is 7.80. The predicted molar refractivity (Wildman–Crippen MR) is 84.5 cm³/mol. The maximum atomic E-state index is 12.1. The highest BCUT2D eigenvalue weighted by molar-refractivity contribution is 6.30. The van der Waals surface area contributed by atoms with Crippen molar-refractivity contribution in [2.75, 3.05) is 27.2 Å². The molecule has 0 bridgehead atoms. The largest absolute Gasteiger partial charge is 0.349 e. The van der Waals surface area contributed by atoms with E-state index >= 15 is 0 Å². The van der Waals surface area contributed by atoms with Gasteiger partial charge in [0.05, 0.1) is 5.69 Å². The van der Waals surface area contributed by atoms with Crippen LogP contribution < -0.4 is 5.32 Å². The molecule has 0 saturated heterocycles. The smallest absolute Gasteiger partial charge is 0.271 e. The van der Waals surface area contributed by atoms with Gasteiger partial charge in [0, 0.05) is 25.2 Å². The van der Waals surface area contributed by atoms with Crippen LogP contribution in [0.1, 0.15) is 10.5 Å². The summed E-state index contributed by atoms with van der Waals surface area (Å²) in [6.07, 6.45) is 0. The van der Waals surface area contributed by atoms with Gasteiger partial charge >= 0.3 is 0 Å². The molecule has 1 amide bonds. The number of hydrogen-bond donors (Lipinski definition) is 1. The molecule has 0 aliphatic heterocycles. The summed E-state index contributed by atoms with van der Waals surface area (Å²) in [6, 6.07) is 9.25. The lowest BCUT2D eigenvalue weighted by Gasteiger charge is -2.09. The van der Waals surface area contributed by atoms with Crippen molar-refractivity contribution in [2.45, 2.75) is 0 Å². The summed E-state index contributed by atoms with van der Waals surface area (Å²) < 4.78 is 1.70. The van der Waals surface area contributed by atoms with Crippen LogP contribution in [0.15, 0.2) is 30.3 Å². The quantitative estimate of drug-likeness (QED) is 0.919. The highest BCUT2D eigenvalue weighted by atomic mass is 35.5. The van der Waals surface area contributed by atoms with E-state index in [4.69, 9.17) is 11.6 Å². The lowest BCUT2D eigenvalue weighted by Crippen LogP contribution is -2.31. The first-order chi connectivity index (χ1) is 9.97. The minimum atomic E-state index is -0.160. The molecule has 1 aromatic heterocycles. The monoisotopic (exact) mass is 306 g/mol. The Labute approximate surface area is 129 Å². The zero-order valence-corrected chi connectivity index (χ0v) is 13.2. The highest BCUT2D eigenvalue weighted by Crippen LogP contribution is 2.21. The molecule has 2 rings (SSSR count). The molecular formula is C15H19ClN4O. The number of nitrogens with zero attached hydrogens (tertiary/aromatic N) is 3. The van der Waals surface area contributed by atoms with E-state index in [9.17, 15) is 4.79 Å². The Kier molecular flexibility index (Phi) is 4.98. The van der Waals surface area contributed by atoms with Crippen LogP contribution in [0, 0.1) is 0 Å². The highest BCUT2D eigenvalue weighted by Gasteiger charge is 2.13. The van der Waals surface area contributed by atoms with Crippen molar-refractivity contribution in [2.24, 2.45) is 7.05 Å². The van der Waals surface area contributed by atoms with E-state index < -0.39 is 0 Å². The van der Waals surface area contributed by atoms with Gasteiger partial charge in [0.2, 0.25) is 0 Å². The molecule has 112 valence electrons. The number of hydrogen-bond acceptors (Lipinski definition) is 3. The molecule has 5 nitrogen and oxygen atoms in total. The van der Waals surface area contributed by atoms with Crippen LogP contribution in [0.5, 0.6) is 0 Å². The Balaban J connectivity index is 2.11. The number of benzene rings is 1. The number of aryl methyl sites for hydroxylation is 1. The van der Waals surface area contributed by atoms with Crippen LogP contribution >= 0.6 is 11.6 Å². The first kappa shape index (κ1) is 15.5. The molecule has 0 radical (unpaired) electrons. The van der Waals surface area contributed by atoms with E-state index in [1.54, 1.807) is 10.7 Å². The van der Waals surface area contributed by atoms with Gasteiger partial charge in [-0.05, 0) is 37.9 Å². The fourth-order valence-corrected chi connectivity index (χ4v) is 2.08. The van der Waals surface area contributed by atoms with Gasteiger partial charge in [-0.3, -0.25) is 9.48 Å². The van der Waals surface area contributed by atoms with Crippen LogP contribution in [0.4, 0.5) is 0 Å². The number of nitrogens with one attached hydrogen (secondary N) is 1. The van der Waals surface area contributed by atoms with E-state index in [0.29, 0.717) is 17.3 Å². The van der Waals surface area contributed by atoms with E-state index in [1.807, 2.05) is 50.3 Å². The van der Waals surface area contributed by atoms with Gasteiger partial charge in [0.15, 0.2) is 5.69 Å². The van der Waals surface area contributed by atoms with E-state index in [2.05, 4.69) is 10.4 Å². The first-order valence-electron chi connectivity index (χ1n) is 6.70. The zero-order chi connectivity index (χ0) is 15.4. The number of amides is 1. The Hall–Kier alpha value is -1.85. The number of carbonyl (C=O) groups excluding carboxylic acids is 1. The Morgan fingerprint density at radius 2 is 2.00 bits per heavy atom. The molecular weight excluding hydrogens is 288 g/mol. The topological polar surface area (TPSA) is 50.2 Å². The molecule has 21 heavy (non-hydrogen) atoms. The van der Waals surface area contributed by atoms with Gasteiger partial charge in [0.25, 0.3) is 5.91 Å². The van der Waals surface area contributed by atoms with E-state index in [1.165, 1.54) is 0 Å². The molecule has 1 aromatic carbocycles. The number of likely N-dealkylation sites (N-methyl/N-ethyl adjacent to an activating group) is 1. The van der Waals surface area contributed by atoms with Crippen molar-refractivity contribution in [3.05, 3.63) is 41.0 Å². The number of aromatic nitrogens is 2. The predicted octanol–water partition coefficient (Wildman–Crippen LogP) is 2.03. The van der Waals surface area contributed by atoms with E-state index in [0.717, 1.165) is 17.8 Å². The third-order valence-electron chi connectivity index (χ3n) is 3.10. The molecule has 0 spiro atoms. The molecule has 0 atom stereocenters. The van der Waals surface area contributed by atoms with Crippen LogP contribution in [0.2, 0.25) is 5.02 Å². The summed E-state index contributed by atoms with van der Waals surface area (Å²) in [4.78, 5) is 14.1. The van der Waals surface area contributed by atoms with Gasteiger partial charge in [-0.15, -0.1) is 0 Å². The summed E-state index contributed by atoms with van der Waals surface area (Å²) in [5.74, 6) is -0.160. The van der Waals surface area contributed by atoms with Gasteiger partial charge in [0.1, 0.15) is 0 Å². The van der Waals surface area contributed by atoms with Gasteiger partial charge < -0.3 is 10.2 Å². The van der Waals surface area contributed by atoms with Crippen molar-refractivity contribution in [1.82, 2.24) is 20.0 Å². The second-order valence-corrected chi connectivity index (χ2v) is 5.54. The molecule has 6 heteroatoms. The van der Waals surface area contributed by atoms with Gasteiger partial charge in [-0.25, -0.2) is 0 Å².